The van der Waals surface area contributed by atoms with Crippen LogP contribution in [0.1, 0.15) is 86.0 Å². The molecule has 2 aromatic rings. The normalized spacial score (nSPS) is 13.4. The van der Waals surface area contributed by atoms with E-state index < -0.39 is 30.7 Å². The first-order valence-electron chi connectivity index (χ1n) is 8.56. The van der Waals surface area contributed by atoms with Crippen LogP contribution in [-0.4, -0.2) is 30.7 Å². The molecule has 11 heteroatoms. The van der Waals surface area contributed by atoms with E-state index in [2.05, 4.69) is 9.15 Å². The molecule has 28 heavy (non-hydrogen) atoms. The molecular formula is C17H22O11. The van der Waals surface area contributed by atoms with Crippen molar-refractivity contribution in [2.45, 2.75) is 66.0 Å². The predicted octanol–water partition coefficient (Wildman–Crippen LogP) is 4.16. The van der Waals surface area contributed by atoms with E-state index in [1.54, 1.807) is 27.7 Å². The first-order chi connectivity index (χ1) is 13.1. The number of esters is 2. The highest BCUT2D eigenvalue weighted by Gasteiger charge is 2.31. The van der Waals surface area contributed by atoms with E-state index in [1.165, 1.54) is 13.8 Å². The Morgan fingerprint density at radius 3 is 1.21 bits per heavy atom. The van der Waals surface area contributed by atoms with Crippen LogP contribution in [0.4, 0.5) is 4.79 Å². The topological polar surface area (TPSA) is 141 Å². The van der Waals surface area contributed by atoms with Crippen molar-refractivity contribution < 1.29 is 51.6 Å². The van der Waals surface area contributed by atoms with E-state index in [4.69, 9.17) is 28.1 Å². The molecule has 2 heterocycles. The summed E-state index contributed by atoms with van der Waals surface area (Å²) in [6.45, 7) is 9.78. The highest BCUT2D eigenvalue weighted by atomic mass is 17.0. The molecule has 0 radical (unpaired) electrons. The molecule has 0 aromatic carbocycles. The summed E-state index contributed by atoms with van der Waals surface area (Å²) >= 11 is 0. The van der Waals surface area contributed by atoms with Crippen molar-refractivity contribution >= 4 is 18.1 Å². The molecule has 0 aliphatic rings. The van der Waals surface area contributed by atoms with Gasteiger partial charge in [-0.25, -0.2) is 14.4 Å². The molecule has 0 amide bonds. The lowest BCUT2D eigenvalue weighted by Crippen LogP contribution is -2.27. The van der Waals surface area contributed by atoms with Crippen LogP contribution in [-0.2, 0) is 18.9 Å². The molecule has 0 N–H and O–H groups in total. The van der Waals surface area contributed by atoms with Crippen LogP contribution in [0.3, 0.4) is 0 Å². The van der Waals surface area contributed by atoms with Crippen LogP contribution >= 0.6 is 0 Å². The monoisotopic (exact) mass is 402 g/mol. The van der Waals surface area contributed by atoms with Gasteiger partial charge in [-0.2, -0.15) is 0 Å². The van der Waals surface area contributed by atoms with Crippen LogP contribution in [0.15, 0.2) is 18.3 Å². The fraction of sp³-hybridized carbons (Fsp3) is 0.588. The standard InChI is InChI=1S/C17H22O11/c1-7(2)11-13(27-25-11)15(18)21-9(5)23-17(20)24-10(6)22-16(19)14-12(8(3)4)26-28-14/h7-10H,1-6H3. The van der Waals surface area contributed by atoms with Gasteiger partial charge in [-0.05, 0) is 0 Å². The van der Waals surface area contributed by atoms with Gasteiger partial charge in [0.2, 0.25) is 24.1 Å². The third-order valence-electron chi connectivity index (χ3n) is 3.37. The Labute approximate surface area is 159 Å². The smallest absolute Gasteiger partial charge is 0.419 e. The minimum Gasteiger partial charge on any atom is -0.419 e. The molecule has 0 saturated heterocycles. The second-order valence-corrected chi connectivity index (χ2v) is 6.46. The van der Waals surface area contributed by atoms with E-state index in [9.17, 15) is 14.4 Å². The van der Waals surface area contributed by atoms with Crippen LogP contribution in [0.5, 0.6) is 0 Å². The van der Waals surface area contributed by atoms with Crippen molar-refractivity contribution in [2.24, 2.45) is 0 Å². The molecule has 0 saturated carbocycles. The summed E-state index contributed by atoms with van der Waals surface area (Å²) in [5.74, 6) is -1.41. The van der Waals surface area contributed by atoms with Gasteiger partial charge in [-0.1, -0.05) is 27.7 Å². The number of ether oxygens (including phenoxy) is 4. The molecule has 2 atom stereocenters. The fourth-order valence-electron chi connectivity index (χ4n) is 2.00. The molecule has 0 aliphatic heterocycles. The summed E-state index contributed by atoms with van der Waals surface area (Å²) in [6.07, 6.45) is -3.79. The molecule has 2 rings (SSSR count). The summed E-state index contributed by atoms with van der Waals surface area (Å²) in [6, 6.07) is 0. The highest BCUT2D eigenvalue weighted by molar-refractivity contribution is 5.88. The maximum atomic E-state index is 11.9. The quantitative estimate of drug-likeness (QED) is 0.357. The van der Waals surface area contributed by atoms with Gasteiger partial charge in [0.25, 0.3) is 0 Å². The first-order valence-corrected chi connectivity index (χ1v) is 8.56. The zero-order valence-corrected chi connectivity index (χ0v) is 16.3. The van der Waals surface area contributed by atoms with E-state index in [0.717, 1.165) is 0 Å². The number of hydrogen-bond donors (Lipinski definition) is 0. The molecule has 156 valence electrons. The first kappa shape index (κ1) is 21.2. The van der Waals surface area contributed by atoms with Gasteiger partial charge in [0.05, 0.1) is 0 Å². The van der Waals surface area contributed by atoms with Crippen molar-refractivity contribution in [3.05, 3.63) is 23.0 Å². The second kappa shape index (κ2) is 8.72. The zero-order chi connectivity index (χ0) is 21.0. The van der Waals surface area contributed by atoms with Gasteiger partial charge >= 0.3 is 29.6 Å². The Hall–Kier alpha value is -3.11. The average Bonchev–Trinajstić information content (AvgIpc) is 2.41. The van der Waals surface area contributed by atoms with Crippen LogP contribution in [0, 0.1) is 0 Å². The van der Waals surface area contributed by atoms with Crippen molar-refractivity contribution in [3.63, 3.8) is 0 Å². The highest BCUT2D eigenvalue weighted by Crippen LogP contribution is 2.25. The van der Waals surface area contributed by atoms with Gasteiger partial charge in [0.15, 0.2) is 0 Å². The van der Waals surface area contributed by atoms with E-state index in [0.29, 0.717) is 11.5 Å². The van der Waals surface area contributed by atoms with E-state index >= 15 is 0 Å². The third kappa shape index (κ3) is 4.99. The van der Waals surface area contributed by atoms with Gasteiger partial charge in [-0.3, -0.25) is 18.3 Å². The maximum absolute atomic E-state index is 11.9. The van der Waals surface area contributed by atoms with Gasteiger partial charge in [0.1, 0.15) is 0 Å². The molecule has 0 spiro atoms. The van der Waals surface area contributed by atoms with Crippen LogP contribution in [0.25, 0.3) is 0 Å². The van der Waals surface area contributed by atoms with Crippen molar-refractivity contribution in [2.75, 3.05) is 0 Å². The molecule has 11 nitrogen and oxygen atoms in total. The largest absolute Gasteiger partial charge is 0.514 e. The summed E-state index contributed by atoms with van der Waals surface area (Å²) in [5, 5.41) is 0. The number of rotatable bonds is 8. The Balaban J connectivity index is 1.77. The third-order valence-corrected chi connectivity index (χ3v) is 3.37. The second-order valence-electron chi connectivity index (χ2n) is 6.46. The summed E-state index contributed by atoms with van der Waals surface area (Å²) in [7, 11) is 0. The number of carbonyl (C=O) groups is 3. The molecule has 2 unspecified atom stereocenters. The Morgan fingerprint density at radius 1 is 0.607 bits per heavy atom. The summed E-state index contributed by atoms with van der Waals surface area (Å²) < 4.78 is 37.9. The Bertz CT molecular complexity index is 735. The fourth-order valence-corrected chi connectivity index (χ4v) is 2.00. The average molecular weight is 402 g/mol. The summed E-state index contributed by atoms with van der Waals surface area (Å²) in [4.78, 5) is 35.5. The number of carbonyl (C=O) groups excluding carboxylic acids is 3. The molecular weight excluding hydrogens is 380 g/mol. The molecule has 0 aliphatic carbocycles. The van der Waals surface area contributed by atoms with Crippen LogP contribution in [0.2, 0.25) is 0 Å². The lowest BCUT2D eigenvalue weighted by Gasteiger charge is -2.18. The summed E-state index contributed by atoms with van der Waals surface area (Å²) in [5.41, 5.74) is 0. The SMILES string of the molecule is CC(OC(=O)OC(C)OC(=O)c1ooc1C(C)C)OC(=O)c1ooc1C(C)C. The van der Waals surface area contributed by atoms with Gasteiger partial charge in [0, 0.05) is 25.7 Å². The molecule has 0 fully saturated rings. The van der Waals surface area contributed by atoms with Crippen molar-refractivity contribution in [3.8, 4) is 0 Å². The van der Waals surface area contributed by atoms with Crippen molar-refractivity contribution in [1.82, 2.24) is 0 Å². The Kier molecular flexibility index (Phi) is 6.60. The minimum absolute atomic E-state index is 0.0793. The predicted molar refractivity (Wildman–Crippen MR) is 87.4 cm³/mol. The number of hydrogen-bond acceptors (Lipinski definition) is 11. The lowest BCUT2D eigenvalue weighted by atomic mass is 10.1. The van der Waals surface area contributed by atoms with Crippen molar-refractivity contribution in [1.29, 1.82) is 0 Å². The lowest BCUT2D eigenvalue weighted by molar-refractivity contribution is -0.128. The molecule has 2 aromatic heterocycles. The Morgan fingerprint density at radius 2 is 0.964 bits per heavy atom. The van der Waals surface area contributed by atoms with E-state index in [1.807, 2.05) is 0 Å². The van der Waals surface area contributed by atoms with Gasteiger partial charge in [-0.15, -0.1) is 0 Å². The minimum atomic E-state index is -1.29. The van der Waals surface area contributed by atoms with E-state index in [-0.39, 0.29) is 23.4 Å². The molecule has 0 bridgehead atoms. The zero-order valence-electron chi connectivity index (χ0n) is 16.3. The van der Waals surface area contributed by atoms with Crippen LogP contribution < -0.4 is 0 Å². The maximum Gasteiger partial charge on any atom is 0.514 e. The van der Waals surface area contributed by atoms with Gasteiger partial charge < -0.3 is 18.9 Å².